The highest BCUT2D eigenvalue weighted by molar-refractivity contribution is 7.99. The van der Waals surface area contributed by atoms with E-state index in [4.69, 9.17) is 9.72 Å². The SMILES string of the molecule is O=c1c2c3c(sc2nc(Sc2ccc([N+](=O)[O-])cn2)n1C[C@@H]1CCCO1)CCC3. The van der Waals surface area contributed by atoms with Gasteiger partial charge in [-0.2, -0.15) is 0 Å². The standard InChI is InChI=1S/C19H18N4O4S2/c24-18-16-13-4-1-5-14(13)28-17(16)21-19(22(18)10-12-3-2-8-27-12)29-15-7-6-11(9-20-15)23(25)26/h6-7,9,12H,1-5,8,10H2/t12-/m0/s1. The lowest BCUT2D eigenvalue weighted by atomic mass is 10.2. The van der Waals surface area contributed by atoms with Crippen LogP contribution in [0.15, 0.2) is 33.3 Å². The van der Waals surface area contributed by atoms with Crippen molar-refractivity contribution in [2.24, 2.45) is 0 Å². The lowest BCUT2D eigenvalue weighted by Gasteiger charge is -2.15. The van der Waals surface area contributed by atoms with E-state index >= 15 is 0 Å². The number of hydrogen-bond donors (Lipinski definition) is 0. The van der Waals surface area contributed by atoms with E-state index in [-0.39, 0.29) is 17.4 Å². The number of nitrogens with zero attached hydrogens (tertiary/aromatic N) is 4. The van der Waals surface area contributed by atoms with Crippen molar-refractivity contribution in [3.63, 3.8) is 0 Å². The van der Waals surface area contributed by atoms with Gasteiger partial charge in [0.1, 0.15) is 16.1 Å². The molecule has 1 saturated heterocycles. The zero-order chi connectivity index (χ0) is 20.0. The third-order valence-electron chi connectivity index (χ3n) is 5.33. The Labute approximate surface area is 174 Å². The predicted octanol–water partition coefficient (Wildman–Crippen LogP) is 3.58. The summed E-state index contributed by atoms with van der Waals surface area (Å²) in [5.74, 6) is 0. The fraction of sp³-hybridized carbons (Fsp3) is 0.421. The smallest absolute Gasteiger partial charge is 0.287 e. The van der Waals surface area contributed by atoms with Gasteiger partial charge in [-0.3, -0.25) is 19.5 Å². The van der Waals surface area contributed by atoms with E-state index in [1.165, 1.54) is 28.9 Å². The predicted molar refractivity (Wildman–Crippen MR) is 110 cm³/mol. The van der Waals surface area contributed by atoms with E-state index in [9.17, 15) is 14.9 Å². The average molecular weight is 431 g/mol. The molecule has 0 radical (unpaired) electrons. The quantitative estimate of drug-likeness (QED) is 0.346. The van der Waals surface area contributed by atoms with Crippen molar-refractivity contribution in [1.29, 1.82) is 0 Å². The van der Waals surface area contributed by atoms with Crippen LogP contribution in [0.5, 0.6) is 0 Å². The largest absolute Gasteiger partial charge is 0.376 e. The summed E-state index contributed by atoms with van der Waals surface area (Å²) in [5, 5.41) is 12.7. The Balaban J connectivity index is 1.58. The summed E-state index contributed by atoms with van der Waals surface area (Å²) in [6.45, 7) is 1.18. The second-order valence-corrected chi connectivity index (χ2v) is 9.27. The molecular weight excluding hydrogens is 412 g/mol. The number of nitro groups is 1. The zero-order valence-corrected chi connectivity index (χ0v) is 17.1. The molecule has 150 valence electrons. The molecular formula is C19H18N4O4S2. The molecule has 0 aromatic carbocycles. The molecule has 4 heterocycles. The van der Waals surface area contributed by atoms with Crippen LogP contribution in [-0.4, -0.2) is 32.2 Å². The molecule has 0 spiro atoms. The second kappa shape index (κ2) is 7.51. The van der Waals surface area contributed by atoms with Gasteiger partial charge in [-0.05, 0) is 55.5 Å². The van der Waals surface area contributed by atoms with Crippen LogP contribution in [0.25, 0.3) is 10.2 Å². The van der Waals surface area contributed by atoms with Crippen LogP contribution < -0.4 is 5.56 Å². The van der Waals surface area contributed by atoms with Crippen molar-refractivity contribution in [1.82, 2.24) is 14.5 Å². The number of thiophene rings is 1. The van der Waals surface area contributed by atoms with Crippen LogP contribution in [0, 0.1) is 10.1 Å². The van der Waals surface area contributed by atoms with Gasteiger partial charge in [-0.1, -0.05) is 0 Å². The van der Waals surface area contributed by atoms with Gasteiger partial charge in [-0.25, -0.2) is 9.97 Å². The number of aromatic nitrogens is 3. The molecule has 0 N–H and O–H groups in total. The highest BCUT2D eigenvalue weighted by atomic mass is 32.2. The van der Waals surface area contributed by atoms with Crippen molar-refractivity contribution in [2.45, 2.75) is 54.9 Å². The first-order chi connectivity index (χ1) is 14.1. The number of fused-ring (bicyclic) bond motifs is 3. The summed E-state index contributed by atoms with van der Waals surface area (Å²) >= 11 is 2.86. The number of rotatable bonds is 5. The summed E-state index contributed by atoms with van der Waals surface area (Å²) in [6, 6.07) is 3.00. The van der Waals surface area contributed by atoms with Crippen molar-refractivity contribution in [3.05, 3.63) is 49.2 Å². The Morgan fingerprint density at radius 1 is 1.34 bits per heavy atom. The fourth-order valence-corrected chi connectivity index (χ4v) is 6.07. The van der Waals surface area contributed by atoms with Crippen molar-refractivity contribution in [2.75, 3.05) is 6.61 Å². The Kier molecular flexibility index (Phi) is 4.84. The number of hydrogen-bond acceptors (Lipinski definition) is 8. The maximum Gasteiger partial charge on any atom is 0.287 e. The Hall–Kier alpha value is -2.30. The van der Waals surface area contributed by atoms with E-state index in [1.807, 2.05) is 0 Å². The molecule has 3 aromatic heterocycles. The van der Waals surface area contributed by atoms with Crippen LogP contribution in [0.4, 0.5) is 5.69 Å². The van der Waals surface area contributed by atoms with Gasteiger partial charge in [0.15, 0.2) is 5.16 Å². The first-order valence-corrected chi connectivity index (χ1v) is 11.2. The summed E-state index contributed by atoms with van der Waals surface area (Å²) < 4.78 is 7.47. The maximum atomic E-state index is 13.4. The molecule has 0 amide bonds. The summed E-state index contributed by atoms with van der Waals surface area (Å²) in [4.78, 5) is 34.8. The molecule has 0 saturated carbocycles. The Bertz CT molecular complexity index is 1150. The van der Waals surface area contributed by atoms with Crippen LogP contribution >= 0.6 is 23.1 Å². The van der Waals surface area contributed by atoms with Gasteiger partial charge in [0, 0.05) is 17.6 Å². The van der Waals surface area contributed by atoms with E-state index in [0.717, 1.165) is 54.5 Å². The van der Waals surface area contributed by atoms with E-state index in [0.29, 0.717) is 16.7 Å². The first kappa shape index (κ1) is 18.7. The molecule has 8 nitrogen and oxygen atoms in total. The Morgan fingerprint density at radius 3 is 2.97 bits per heavy atom. The molecule has 0 unspecified atom stereocenters. The monoisotopic (exact) mass is 430 g/mol. The highest BCUT2D eigenvalue weighted by Gasteiger charge is 2.26. The second-order valence-electron chi connectivity index (χ2n) is 7.20. The third kappa shape index (κ3) is 3.45. The van der Waals surface area contributed by atoms with Gasteiger partial charge >= 0.3 is 0 Å². The van der Waals surface area contributed by atoms with E-state index in [2.05, 4.69) is 4.98 Å². The minimum Gasteiger partial charge on any atom is -0.376 e. The summed E-state index contributed by atoms with van der Waals surface area (Å²) in [7, 11) is 0. The normalized spacial score (nSPS) is 18.4. The number of pyridine rings is 1. The van der Waals surface area contributed by atoms with Crippen molar-refractivity contribution in [3.8, 4) is 0 Å². The van der Waals surface area contributed by atoms with Gasteiger partial charge < -0.3 is 4.74 Å². The maximum absolute atomic E-state index is 13.4. The van der Waals surface area contributed by atoms with Gasteiger partial charge in [0.05, 0.1) is 23.0 Å². The highest BCUT2D eigenvalue weighted by Crippen LogP contribution is 2.36. The molecule has 10 heteroatoms. The van der Waals surface area contributed by atoms with Crippen LogP contribution in [0.1, 0.15) is 29.7 Å². The van der Waals surface area contributed by atoms with Crippen LogP contribution in [-0.2, 0) is 24.1 Å². The lowest BCUT2D eigenvalue weighted by molar-refractivity contribution is -0.385. The fourth-order valence-electron chi connectivity index (χ4n) is 3.92. The van der Waals surface area contributed by atoms with Crippen LogP contribution in [0.2, 0.25) is 0 Å². The number of aryl methyl sites for hydroxylation is 2. The minimum absolute atomic E-state index is 0.00260. The van der Waals surface area contributed by atoms with Gasteiger partial charge in [0.2, 0.25) is 0 Å². The van der Waals surface area contributed by atoms with E-state index in [1.54, 1.807) is 22.0 Å². The first-order valence-electron chi connectivity index (χ1n) is 9.55. The molecule has 2 aliphatic rings. The van der Waals surface area contributed by atoms with Crippen molar-refractivity contribution >= 4 is 39.0 Å². The van der Waals surface area contributed by atoms with Gasteiger partial charge in [0.25, 0.3) is 11.2 Å². The molecule has 1 atom stereocenters. The molecule has 3 aromatic rings. The van der Waals surface area contributed by atoms with Crippen LogP contribution in [0.3, 0.4) is 0 Å². The van der Waals surface area contributed by atoms with Gasteiger partial charge in [-0.15, -0.1) is 11.3 Å². The number of ether oxygens (including phenoxy) is 1. The third-order valence-corrected chi connectivity index (χ3v) is 7.46. The Morgan fingerprint density at radius 2 is 2.24 bits per heavy atom. The minimum atomic E-state index is -0.480. The molecule has 29 heavy (non-hydrogen) atoms. The topological polar surface area (TPSA) is 100 Å². The van der Waals surface area contributed by atoms with Crippen molar-refractivity contribution < 1.29 is 9.66 Å². The lowest BCUT2D eigenvalue weighted by Crippen LogP contribution is -2.28. The average Bonchev–Trinajstić information content (AvgIpc) is 3.42. The molecule has 1 fully saturated rings. The molecule has 1 aliphatic heterocycles. The zero-order valence-electron chi connectivity index (χ0n) is 15.5. The molecule has 5 rings (SSSR count). The summed E-state index contributed by atoms with van der Waals surface area (Å²) in [6.07, 6.45) is 6.18. The van der Waals surface area contributed by atoms with E-state index < -0.39 is 4.92 Å². The molecule has 0 bridgehead atoms. The molecule has 1 aliphatic carbocycles. The summed E-state index contributed by atoms with van der Waals surface area (Å²) in [5.41, 5.74) is 1.08.